The first-order chi connectivity index (χ1) is 10.6. The molecule has 0 spiro atoms. The van der Waals surface area contributed by atoms with Gasteiger partial charge < -0.3 is 10.2 Å². The fourth-order valence-electron chi connectivity index (χ4n) is 3.12. The van der Waals surface area contributed by atoms with Gasteiger partial charge >= 0.3 is 0 Å². The Balaban J connectivity index is 1.84. The van der Waals surface area contributed by atoms with E-state index < -0.39 is 5.54 Å². The maximum atomic E-state index is 12.6. The molecule has 0 radical (unpaired) electrons. The van der Waals surface area contributed by atoms with Gasteiger partial charge in [-0.3, -0.25) is 9.59 Å². The average molecular weight is 301 g/mol. The fourth-order valence-corrected chi connectivity index (χ4v) is 3.12. The Bertz CT molecular complexity index is 726. The molecule has 1 aliphatic rings. The number of likely N-dealkylation sites (tertiary alicyclic amines) is 1. The van der Waals surface area contributed by atoms with Crippen LogP contribution >= 0.6 is 0 Å². The number of likely N-dealkylation sites (N-methyl/N-ethyl adjacent to an activating group) is 1. The topological polar surface area (TPSA) is 80.1 Å². The predicted molar refractivity (Wildman–Crippen MR) is 80.9 cm³/mol. The maximum Gasteiger partial charge on any atom is 0.245 e. The van der Waals surface area contributed by atoms with Crippen LogP contribution in [0.25, 0.3) is 11.0 Å². The number of hydrogen-bond donors (Lipinski definition) is 1. The number of benzene rings is 1. The lowest BCUT2D eigenvalue weighted by Crippen LogP contribution is -2.55. The normalized spacial score (nSPS) is 21.3. The van der Waals surface area contributed by atoms with Gasteiger partial charge in [0, 0.05) is 13.6 Å². The lowest BCUT2D eigenvalue weighted by Gasteiger charge is -2.33. The van der Waals surface area contributed by atoms with Crippen molar-refractivity contribution in [1.82, 2.24) is 25.2 Å². The molecule has 0 aliphatic carbocycles. The minimum Gasteiger partial charge on any atom is -0.357 e. The number of nitrogens with zero attached hydrogens (tertiary/aromatic N) is 4. The number of para-hydroxylation sites is 1. The van der Waals surface area contributed by atoms with E-state index >= 15 is 0 Å². The Hall–Kier alpha value is -2.44. The summed E-state index contributed by atoms with van der Waals surface area (Å²) in [4.78, 5) is 26.4. The van der Waals surface area contributed by atoms with Crippen molar-refractivity contribution in [3.8, 4) is 0 Å². The van der Waals surface area contributed by atoms with Crippen molar-refractivity contribution in [2.24, 2.45) is 0 Å². The average Bonchev–Trinajstić information content (AvgIpc) is 3.11. The van der Waals surface area contributed by atoms with Crippen molar-refractivity contribution in [1.29, 1.82) is 0 Å². The highest BCUT2D eigenvalue weighted by Gasteiger charge is 2.45. The molecule has 7 nitrogen and oxygen atoms in total. The summed E-state index contributed by atoms with van der Waals surface area (Å²) in [5.41, 5.74) is 0.796. The molecule has 1 aromatic heterocycles. The first-order valence-corrected chi connectivity index (χ1v) is 7.37. The van der Waals surface area contributed by atoms with E-state index in [1.807, 2.05) is 31.2 Å². The van der Waals surface area contributed by atoms with Crippen molar-refractivity contribution in [3.05, 3.63) is 24.3 Å². The van der Waals surface area contributed by atoms with Crippen LogP contribution in [0.5, 0.6) is 0 Å². The van der Waals surface area contributed by atoms with Gasteiger partial charge in [-0.25, -0.2) is 4.68 Å². The second-order valence-corrected chi connectivity index (χ2v) is 5.74. The molecule has 7 heteroatoms. The van der Waals surface area contributed by atoms with E-state index in [0.717, 1.165) is 17.5 Å². The van der Waals surface area contributed by atoms with Crippen molar-refractivity contribution in [3.63, 3.8) is 0 Å². The fraction of sp³-hybridized carbons (Fsp3) is 0.467. The van der Waals surface area contributed by atoms with Gasteiger partial charge in [0.05, 0.1) is 5.52 Å². The van der Waals surface area contributed by atoms with Crippen LogP contribution in [0, 0.1) is 0 Å². The molecular weight excluding hydrogens is 282 g/mol. The SMILES string of the molecule is CNC(=O)[C@@]1(C)CCCN1C(=O)Cn1nnc2ccccc21. The Morgan fingerprint density at radius 2 is 2.14 bits per heavy atom. The largest absolute Gasteiger partial charge is 0.357 e. The number of fused-ring (bicyclic) bond motifs is 1. The summed E-state index contributed by atoms with van der Waals surface area (Å²) in [6, 6.07) is 7.50. The van der Waals surface area contributed by atoms with E-state index in [1.165, 1.54) is 0 Å². The van der Waals surface area contributed by atoms with Gasteiger partial charge in [-0.2, -0.15) is 0 Å². The summed E-state index contributed by atoms with van der Waals surface area (Å²) in [7, 11) is 1.60. The first-order valence-electron chi connectivity index (χ1n) is 7.37. The number of amides is 2. The second kappa shape index (κ2) is 5.40. The molecule has 3 rings (SSSR count). The summed E-state index contributed by atoms with van der Waals surface area (Å²) in [6.45, 7) is 2.50. The van der Waals surface area contributed by atoms with Crippen LogP contribution in [-0.2, 0) is 16.1 Å². The van der Waals surface area contributed by atoms with Gasteiger partial charge in [0.15, 0.2) is 0 Å². The lowest BCUT2D eigenvalue weighted by atomic mass is 9.97. The Kier molecular flexibility index (Phi) is 3.56. The molecular formula is C15H19N5O2. The van der Waals surface area contributed by atoms with Crippen LogP contribution in [-0.4, -0.2) is 50.8 Å². The monoisotopic (exact) mass is 301 g/mol. The molecule has 1 saturated heterocycles. The van der Waals surface area contributed by atoms with Crippen LogP contribution in [0.3, 0.4) is 0 Å². The molecule has 0 bridgehead atoms. The molecule has 1 N–H and O–H groups in total. The van der Waals surface area contributed by atoms with Crippen LogP contribution in [0.1, 0.15) is 19.8 Å². The zero-order valence-electron chi connectivity index (χ0n) is 12.7. The molecule has 2 aromatic rings. The molecule has 116 valence electrons. The van der Waals surface area contributed by atoms with Gasteiger partial charge in [-0.15, -0.1) is 5.10 Å². The Morgan fingerprint density at radius 1 is 1.36 bits per heavy atom. The minimum atomic E-state index is -0.776. The van der Waals surface area contributed by atoms with Crippen LogP contribution in [0.2, 0.25) is 0 Å². The Morgan fingerprint density at radius 3 is 2.91 bits per heavy atom. The minimum absolute atomic E-state index is 0.0904. The summed E-state index contributed by atoms with van der Waals surface area (Å²) in [6.07, 6.45) is 1.50. The molecule has 0 saturated carbocycles. The number of carbonyl (C=O) groups excluding carboxylic acids is 2. The third-order valence-electron chi connectivity index (χ3n) is 4.36. The number of rotatable bonds is 3. The summed E-state index contributed by atoms with van der Waals surface area (Å²) in [5, 5.41) is 10.7. The molecule has 0 unspecified atom stereocenters. The molecule has 2 amide bonds. The summed E-state index contributed by atoms with van der Waals surface area (Å²) in [5.74, 6) is -0.235. The van der Waals surface area contributed by atoms with Gasteiger partial charge in [0.1, 0.15) is 17.6 Å². The van der Waals surface area contributed by atoms with Gasteiger partial charge in [-0.05, 0) is 31.9 Å². The third kappa shape index (κ3) is 2.22. The zero-order chi connectivity index (χ0) is 15.7. The predicted octanol–water partition coefficient (Wildman–Crippen LogP) is 0.558. The smallest absolute Gasteiger partial charge is 0.245 e. The van der Waals surface area contributed by atoms with E-state index in [2.05, 4.69) is 15.6 Å². The second-order valence-electron chi connectivity index (χ2n) is 5.74. The highest BCUT2D eigenvalue weighted by Crippen LogP contribution is 2.29. The van der Waals surface area contributed by atoms with E-state index in [1.54, 1.807) is 16.6 Å². The molecule has 2 heterocycles. The number of nitrogens with one attached hydrogen (secondary N) is 1. The van der Waals surface area contributed by atoms with Crippen molar-refractivity contribution in [2.75, 3.05) is 13.6 Å². The maximum absolute atomic E-state index is 12.6. The van der Waals surface area contributed by atoms with Gasteiger partial charge in [0.25, 0.3) is 0 Å². The summed E-state index contributed by atoms with van der Waals surface area (Å²) < 4.78 is 1.58. The third-order valence-corrected chi connectivity index (χ3v) is 4.36. The Labute approximate surface area is 128 Å². The number of carbonyl (C=O) groups is 2. The number of hydrogen-bond acceptors (Lipinski definition) is 4. The van der Waals surface area contributed by atoms with Gasteiger partial charge in [-0.1, -0.05) is 17.3 Å². The van der Waals surface area contributed by atoms with Crippen LogP contribution in [0.4, 0.5) is 0 Å². The van der Waals surface area contributed by atoms with Crippen molar-refractivity contribution >= 4 is 22.8 Å². The quantitative estimate of drug-likeness (QED) is 0.898. The number of aromatic nitrogens is 3. The highest BCUT2D eigenvalue weighted by molar-refractivity contribution is 5.91. The van der Waals surface area contributed by atoms with E-state index in [9.17, 15) is 9.59 Å². The molecule has 22 heavy (non-hydrogen) atoms. The standard InChI is InChI=1S/C15H19N5O2/c1-15(14(22)16-2)8-5-9-19(15)13(21)10-20-12-7-4-3-6-11(12)17-18-20/h3-4,6-7H,5,8-10H2,1-2H3,(H,16,22)/t15-/m1/s1. The highest BCUT2D eigenvalue weighted by atomic mass is 16.2. The van der Waals surface area contributed by atoms with E-state index in [-0.39, 0.29) is 18.4 Å². The zero-order valence-corrected chi connectivity index (χ0v) is 12.7. The lowest BCUT2D eigenvalue weighted by molar-refractivity contribution is -0.144. The van der Waals surface area contributed by atoms with Crippen molar-refractivity contribution in [2.45, 2.75) is 31.8 Å². The van der Waals surface area contributed by atoms with Crippen LogP contribution < -0.4 is 5.32 Å². The van der Waals surface area contributed by atoms with E-state index in [0.29, 0.717) is 13.0 Å². The molecule has 1 fully saturated rings. The first kappa shape index (κ1) is 14.5. The van der Waals surface area contributed by atoms with Crippen LogP contribution in [0.15, 0.2) is 24.3 Å². The molecule has 1 aromatic carbocycles. The van der Waals surface area contributed by atoms with Gasteiger partial charge in [0.2, 0.25) is 11.8 Å². The molecule has 1 atom stereocenters. The van der Waals surface area contributed by atoms with E-state index in [4.69, 9.17) is 0 Å². The van der Waals surface area contributed by atoms with Crippen molar-refractivity contribution < 1.29 is 9.59 Å². The summed E-state index contributed by atoms with van der Waals surface area (Å²) >= 11 is 0. The molecule has 1 aliphatic heterocycles.